The number of ether oxygens (including phenoxy) is 3. The van der Waals surface area contributed by atoms with Crippen LogP contribution in [0.2, 0.25) is 0 Å². The van der Waals surface area contributed by atoms with Crippen molar-refractivity contribution < 1.29 is 29.0 Å². The molecule has 1 heterocycles. The Hall–Kier alpha value is -5.12. The van der Waals surface area contributed by atoms with Gasteiger partial charge in [0.2, 0.25) is 5.75 Å². The van der Waals surface area contributed by atoms with Crippen molar-refractivity contribution in [3.8, 4) is 17.2 Å². The molecular formula is C33H33N3O7. The summed E-state index contributed by atoms with van der Waals surface area (Å²) >= 11 is 0. The van der Waals surface area contributed by atoms with Crippen LogP contribution in [0.1, 0.15) is 47.4 Å². The third-order valence-electron chi connectivity index (χ3n) is 7.99. The van der Waals surface area contributed by atoms with Gasteiger partial charge in [0.05, 0.1) is 31.9 Å². The summed E-state index contributed by atoms with van der Waals surface area (Å²) < 4.78 is 16.8. The maximum absolute atomic E-state index is 13.9. The summed E-state index contributed by atoms with van der Waals surface area (Å²) in [6, 6.07) is 15.2. The second-order valence-corrected chi connectivity index (χ2v) is 10.6. The topological polar surface area (TPSA) is 135 Å². The van der Waals surface area contributed by atoms with E-state index in [1.54, 1.807) is 42.2 Å². The predicted molar refractivity (Wildman–Crippen MR) is 163 cm³/mol. The number of amidine groups is 1. The van der Waals surface area contributed by atoms with Gasteiger partial charge in [-0.1, -0.05) is 29.8 Å². The number of aliphatic hydroxyl groups excluding tert-OH is 1. The van der Waals surface area contributed by atoms with Crippen LogP contribution in [0.4, 0.5) is 11.4 Å². The molecule has 0 bridgehead atoms. The number of rotatable bonds is 7. The molecule has 0 fully saturated rings. The quantitative estimate of drug-likeness (QED) is 0.176. The number of nitro groups is 1. The lowest BCUT2D eigenvalue weighted by Gasteiger charge is -2.42. The molecule has 1 aliphatic carbocycles. The Bertz CT molecular complexity index is 1680. The predicted octanol–water partition coefficient (Wildman–Crippen LogP) is 6.79. The first-order chi connectivity index (χ1) is 20.6. The molecule has 1 atom stereocenters. The number of hydrogen-bond acceptors (Lipinski definition) is 8. The number of allylic oxidation sites excluding steroid dienone is 2. The molecule has 10 nitrogen and oxygen atoms in total. The van der Waals surface area contributed by atoms with Crippen molar-refractivity contribution in [1.29, 1.82) is 5.41 Å². The standard InChI is InChI=1S/C33H33N3O7/c1-18-9-11-20(12-10-18)31(38)30-28(21-16-26(41-3)32(43-5)27(17-21)42-4)29-24(7-6-8-25(29)37)35(33(30)34)23-14-13-22(36(39)40)15-19(23)2/h9-17,28,34,38H,6-8H2,1-5H3. The molecule has 10 heteroatoms. The molecule has 2 N–H and O–H groups in total. The van der Waals surface area contributed by atoms with E-state index in [1.807, 2.05) is 19.1 Å². The summed E-state index contributed by atoms with van der Waals surface area (Å²) in [7, 11) is 4.50. The maximum Gasteiger partial charge on any atom is 0.269 e. The summed E-state index contributed by atoms with van der Waals surface area (Å²) in [5.41, 5.74) is 4.35. The highest BCUT2D eigenvalue weighted by Gasteiger charge is 2.44. The minimum atomic E-state index is -0.833. The molecule has 1 aliphatic heterocycles. The summed E-state index contributed by atoms with van der Waals surface area (Å²) in [5, 5.41) is 33.0. The molecule has 0 radical (unpaired) electrons. The van der Waals surface area contributed by atoms with Gasteiger partial charge >= 0.3 is 0 Å². The van der Waals surface area contributed by atoms with E-state index >= 15 is 0 Å². The van der Waals surface area contributed by atoms with Crippen LogP contribution < -0.4 is 19.1 Å². The lowest BCUT2D eigenvalue weighted by molar-refractivity contribution is -0.384. The Labute approximate surface area is 249 Å². The summed E-state index contributed by atoms with van der Waals surface area (Å²) in [6.45, 7) is 3.67. The molecule has 0 amide bonds. The highest BCUT2D eigenvalue weighted by atomic mass is 16.6. The minimum Gasteiger partial charge on any atom is -0.507 e. The van der Waals surface area contributed by atoms with E-state index in [0.717, 1.165) is 5.56 Å². The van der Waals surface area contributed by atoms with Gasteiger partial charge in [0.15, 0.2) is 17.3 Å². The summed E-state index contributed by atoms with van der Waals surface area (Å²) in [6.07, 6.45) is 1.39. The largest absolute Gasteiger partial charge is 0.507 e. The van der Waals surface area contributed by atoms with Crippen LogP contribution in [0.15, 0.2) is 71.4 Å². The van der Waals surface area contributed by atoms with Crippen molar-refractivity contribution in [2.75, 3.05) is 26.2 Å². The molecule has 0 aromatic heterocycles. The monoisotopic (exact) mass is 583 g/mol. The number of non-ortho nitro benzene ring substituents is 1. The number of ketones is 1. The summed E-state index contributed by atoms with van der Waals surface area (Å²) in [5.74, 6) is -0.0138. The maximum atomic E-state index is 13.9. The highest BCUT2D eigenvalue weighted by Crippen LogP contribution is 2.51. The Morgan fingerprint density at radius 1 is 0.977 bits per heavy atom. The van der Waals surface area contributed by atoms with E-state index in [9.17, 15) is 25.4 Å². The van der Waals surface area contributed by atoms with Crippen LogP contribution in [0, 0.1) is 29.4 Å². The molecular weight excluding hydrogens is 550 g/mol. The molecule has 0 saturated heterocycles. The first kappa shape index (κ1) is 29.4. The van der Waals surface area contributed by atoms with E-state index in [-0.39, 0.29) is 28.6 Å². The number of nitro benzene ring substituents is 1. The van der Waals surface area contributed by atoms with Crippen LogP contribution in [0.25, 0.3) is 5.76 Å². The zero-order valence-electron chi connectivity index (χ0n) is 24.7. The van der Waals surface area contributed by atoms with E-state index < -0.39 is 10.8 Å². The molecule has 3 aromatic rings. The zero-order chi connectivity index (χ0) is 31.0. The second-order valence-electron chi connectivity index (χ2n) is 10.6. The number of anilines is 1. The van der Waals surface area contributed by atoms with Crippen LogP contribution in [-0.2, 0) is 4.79 Å². The van der Waals surface area contributed by atoms with Crippen molar-refractivity contribution >= 4 is 28.8 Å². The van der Waals surface area contributed by atoms with Crippen LogP contribution in [0.5, 0.6) is 17.2 Å². The van der Waals surface area contributed by atoms with Crippen molar-refractivity contribution in [2.45, 2.75) is 39.0 Å². The van der Waals surface area contributed by atoms with Gasteiger partial charge in [-0.2, -0.15) is 0 Å². The van der Waals surface area contributed by atoms with Crippen molar-refractivity contribution in [3.05, 3.63) is 104 Å². The van der Waals surface area contributed by atoms with Gasteiger partial charge in [0.1, 0.15) is 11.6 Å². The van der Waals surface area contributed by atoms with Gasteiger partial charge in [-0.05, 0) is 56.0 Å². The SMILES string of the molecule is COc1cc(C2C(=C(O)c3ccc(C)cc3)C(=N)N(c3ccc([N+](=O)[O-])cc3C)C3=C2C(=O)CCC3)cc(OC)c1OC. The lowest BCUT2D eigenvalue weighted by Crippen LogP contribution is -2.42. The number of Topliss-reactive ketones (excluding diaryl/α,β-unsaturated/α-hetero) is 1. The molecule has 0 saturated carbocycles. The lowest BCUT2D eigenvalue weighted by atomic mass is 9.73. The van der Waals surface area contributed by atoms with E-state index in [0.29, 0.717) is 70.2 Å². The Balaban J connectivity index is 1.87. The number of carbonyl (C=O) groups is 1. The Morgan fingerprint density at radius 2 is 1.63 bits per heavy atom. The van der Waals surface area contributed by atoms with Crippen molar-refractivity contribution in [3.63, 3.8) is 0 Å². The second kappa shape index (κ2) is 11.6. The van der Waals surface area contributed by atoms with Crippen LogP contribution in [-0.4, -0.2) is 43.0 Å². The van der Waals surface area contributed by atoms with Gasteiger partial charge in [-0.15, -0.1) is 0 Å². The molecule has 2 aliphatic rings. The molecule has 5 rings (SSSR count). The number of hydrogen-bond donors (Lipinski definition) is 2. The first-order valence-corrected chi connectivity index (χ1v) is 13.8. The van der Waals surface area contributed by atoms with E-state index in [2.05, 4.69) is 0 Å². The molecule has 43 heavy (non-hydrogen) atoms. The third-order valence-corrected chi connectivity index (χ3v) is 7.99. The van der Waals surface area contributed by atoms with E-state index in [4.69, 9.17) is 14.2 Å². The number of benzene rings is 3. The summed E-state index contributed by atoms with van der Waals surface area (Å²) in [4.78, 5) is 26.5. The van der Waals surface area contributed by atoms with Crippen LogP contribution in [0.3, 0.4) is 0 Å². The fraction of sp³-hybridized carbons (Fsp3) is 0.273. The Kier molecular flexibility index (Phi) is 7.95. The van der Waals surface area contributed by atoms with Gasteiger partial charge in [0.25, 0.3) is 5.69 Å². The fourth-order valence-corrected chi connectivity index (χ4v) is 5.93. The number of aliphatic hydroxyl groups is 1. The molecule has 1 unspecified atom stereocenters. The normalized spacial score (nSPS) is 17.9. The van der Waals surface area contributed by atoms with Gasteiger partial charge in [-0.25, -0.2) is 0 Å². The third kappa shape index (κ3) is 5.09. The van der Waals surface area contributed by atoms with Crippen LogP contribution >= 0.6 is 0 Å². The van der Waals surface area contributed by atoms with Gasteiger partial charge in [-0.3, -0.25) is 25.2 Å². The number of methoxy groups -OCH3 is 3. The van der Waals surface area contributed by atoms with Crippen molar-refractivity contribution in [1.82, 2.24) is 0 Å². The Morgan fingerprint density at radius 3 is 2.19 bits per heavy atom. The molecule has 3 aromatic carbocycles. The molecule has 222 valence electrons. The van der Waals surface area contributed by atoms with Gasteiger partial charge in [0, 0.05) is 46.9 Å². The fourth-order valence-electron chi connectivity index (χ4n) is 5.93. The van der Waals surface area contributed by atoms with Crippen molar-refractivity contribution in [2.24, 2.45) is 0 Å². The first-order valence-electron chi connectivity index (χ1n) is 13.8. The zero-order valence-corrected chi connectivity index (χ0v) is 24.7. The van der Waals surface area contributed by atoms with Gasteiger partial charge < -0.3 is 19.3 Å². The molecule has 0 spiro atoms. The number of nitrogens with one attached hydrogen (secondary N) is 1. The number of aryl methyl sites for hydroxylation is 2. The number of nitrogens with zero attached hydrogens (tertiary/aromatic N) is 2. The average molecular weight is 584 g/mol. The average Bonchev–Trinajstić information content (AvgIpc) is 3.00. The minimum absolute atomic E-state index is 0.0396. The smallest absolute Gasteiger partial charge is 0.269 e. The highest BCUT2D eigenvalue weighted by molar-refractivity contribution is 6.20. The number of carbonyl (C=O) groups excluding carboxylic acids is 1. The van der Waals surface area contributed by atoms with E-state index in [1.165, 1.54) is 33.5 Å².